The number of benzene rings is 2. The van der Waals surface area contributed by atoms with E-state index in [0.717, 1.165) is 40.7 Å². The number of fused-ring (bicyclic) bond motifs is 1. The van der Waals surface area contributed by atoms with Gasteiger partial charge in [-0.1, -0.05) is 6.07 Å². The molecule has 0 spiro atoms. The fourth-order valence-corrected chi connectivity index (χ4v) is 4.60. The second-order valence-electron chi connectivity index (χ2n) is 7.19. The second kappa shape index (κ2) is 7.41. The molecule has 7 heteroatoms. The van der Waals surface area contributed by atoms with Crippen molar-refractivity contribution in [3.8, 4) is 0 Å². The normalized spacial score (nSPS) is 15.3. The maximum atomic E-state index is 12.6. The average Bonchev–Trinajstić information content (AvgIpc) is 3.06. The van der Waals surface area contributed by atoms with Crippen LogP contribution in [0.4, 0.5) is 5.69 Å². The largest absolute Gasteiger partial charge is 0.359 e. The lowest BCUT2D eigenvalue weighted by atomic mass is 10.1. The van der Waals surface area contributed by atoms with E-state index in [0.29, 0.717) is 13.0 Å². The van der Waals surface area contributed by atoms with Gasteiger partial charge in [0.15, 0.2) is 0 Å². The van der Waals surface area contributed by atoms with Crippen molar-refractivity contribution in [1.82, 2.24) is 9.71 Å². The van der Waals surface area contributed by atoms with Gasteiger partial charge in [0.05, 0.1) is 4.90 Å². The minimum atomic E-state index is -3.63. The standard InChI is InChI=1S/C21H23N3O3S/c1-15-12-17-13-16(5-10-20(17)23-15)14-22-28(26,27)19-8-6-18(7-9-19)24-11-3-2-4-21(24)25/h5-10,12-13,22-23H,2-4,11,14H2,1H3. The zero-order valence-corrected chi connectivity index (χ0v) is 16.6. The first-order valence-electron chi connectivity index (χ1n) is 9.41. The lowest BCUT2D eigenvalue weighted by molar-refractivity contribution is -0.119. The molecule has 2 N–H and O–H groups in total. The molecule has 1 amide bonds. The summed E-state index contributed by atoms with van der Waals surface area (Å²) in [4.78, 5) is 17.2. The monoisotopic (exact) mass is 397 g/mol. The number of piperidine rings is 1. The minimum absolute atomic E-state index is 0.0929. The number of hydrogen-bond donors (Lipinski definition) is 2. The third-order valence-corrected chi connectivity index (χ3v) is 6.49. The van der Waals surface area contributed by atoms with Crippen LogP contribution >= 0.6 is 0 Å². The van der Waals surface area contributed by atoms with Crippen LogP contribution in [0.2, 0.25) is 0 Å². The van der Waals surface area contributed by atoms with Gasteiger partial charge < -0.3 is 9.88 Å². The van der Waals surface area contributed by atoms with Crippen molar-refractivity contribution >= 4 is 32.5 Å². The molecule has 2 aromatic carbocycles. The van der Waals surface area contributed by atoms with E-state index in [1.54, 1.807) is 29.2 Å². The number of H-pyrrole nitrogens is 1. The molecule has 146 valence electrons. The number of aromatic nitrogens is 1. The summed E-state index contributed by atoms with van der Waals surface area (Å²) in [5.41, 5.74) is 3.74. The van der Waals surface area contributed by atoms with Crippen molar-refractivity contribution in [1.29, 1.82) is 0 Å². The van der Waals surface area contributed by atoms with Crippen molar-refractivity contribution in [3.63, 3.8) is 0 Å². The van der Waals surface area contributed by atoms with Crippen LogP contribution in [0, 0.1) is 6.92 Å². The Morgan fingerprint density at radius 1 is 1.07 bits per heavy atom. The summed E-state index contributed by atoms with van der Waals surface area (Å²) < 4.78 is 27.9. The zero-order valence-electron chi connectivity index (χ0n) is 15.7. The Labute approximate surface area is 164 Å². The first kappa shape index (κ1) is 18.7. The summed E-state index contributed by atoms with van der Waals surface area (Å²) in [6, 6.07) is 14.4. The molecule has 2 heterocycles. The fourth-order valence-electron chi connectivity index (χ4n) is 3.58. The topological polar surface area (TPSA) is 82.3 Å². The molecule has 0 radical (unpaired) electrons. The number of hydrogen-bond acceptors (Lipinski definition) is 3. The number of aryl methyl sites for hydroxylation is 1. The summed E-state index contributed by atoms with van der Waals surface area (Å²) in [6.45, 7) is 2.89. The number of nitrogens with one attached hydrogen (secondary N) is 2. The van der Waals surface area contributed by atoms with E-state index in [1.807, 2.05) is 31.2 Å². The summed E-state index contributed by atoms with van der Waals surface area (Å²) in [6.07, 6.45) is 2.44. The minimum Gasteiger partial charge on any atom is -0.359 e. The number of anilines is 1. The molecular formula is C21H23N3O3S. The number of aromatic amines is 1. The summed E-state index contributed by atoms with van der Waals surface area (Å²) in [5.74, 6) is 0.0929. The SMILES string of the molecule is Cc1cc2cc(CNS(=O)(=O)c3ccc(N4CCCCC4=O)cc3)ccc2[nH]1. The van der Waals surface area contributed by atoms with Crippen molar-refractivity contribution in [2.75, 3.05) is 11.4 Å². The molecule has 0 atom stereocenters. The fraction of sp³-hybridized carbons (Fsp3) is 0.286. The lowest BCUT2D eigenvalue weighted by Crippen LogP contribution is -2.35. The predicted molar refractivity (Wildman–Crippen MR) is 110 cm³/mol. The third-order valence-electron chi connectivity index (χ3n) is 5.07. The van der Waals surface area contributed by atoms with Gasteiger partial charge in [0, 0.05) is 36.4 Å². The third kappa shape index (κ3) is 3.81. The zero-order chi connectivity index (χ0) is 19.7. The van der Waals surface area contributed by atoms with Gasteiger partial charge in [0.25, 0.3) is 0 Å². The van der Waals surface area contributed by atoms with Gasteiger partial charge in [-0.3, -0.25) is 4.79 Å². The van der Waals surface area contributed by atoms with Gasteiger partial charge in [0.2, 0.25) is 15.9 Å². The highest BCUT2D eigenvalue weighted by atomic mass is 32.2. The number of rotatable bonds is 5. The molecule has 3 aromatic rings. The predicted octanol–water partition coefficient (Wildman–Crippen LogP) is 3.47. The van der Waals surface area contributed by atoms with E-state index in [-0.39, 0.29) is 17.3 Å². The van der Waals surface area contributed by atoms with Gasteiger partial charge in [-0.15, -0.1) is 0 Å². The Bertz CT molecular complexity index is 1120. The van der Waals surface area contributed by atoms with Crippen molar-refractivity contribution < 1.29 is 13.2 Å². The molecule has 1 fully saturated rings. The highest BCUT2D eigenvalue weighted by molar-refractivity contribution is 7.89. The van der Waals surface area contributed by atoms with Crippen LogP contribution in [-0.4, -0.2) is 25.9 Å². The van der Waals surface area contributed by atoms with Gasteiger partial charge in [-0.05, 0) is 73.2 Å². The first-order valence-corrected chi connectivity index (χ1v) is 10.9. The summed E-state index contributed by atoms with van der Waals surface area (Å²) in [5, 5.41) is 1.06. The van der Waals surface area contributed by atoms with Crippen molar-refractivity contribution in [2.45, 2.75) is 37.6 Å². The average molecular weight is 398 g/mol. The van der Waals surface area contributed by atoms with Crippen molar-refractivity contribution in [2.24, 2.45) is 0 Å². The Morgan fingerprint density at radius 3 is 2.61 bits per heavy atom. The van der Waals surface area contributed by atoms with Gasteiger partial charge in [-0.2, -0.15) is 0 Å². The molecule has 0 bridgehead atoms. The molecule has 0 unspecified atom stereocenters. The second-order valence-corrected chi connectivity index (χ2v) is 8.96. The molecule has 1 aliphatic heterocycles. The first-order chi connectivity index (χ1) is 13.4. The number of carbonyl (C=O) groups excluding carboxylic acids is 1. The van der Waals surface area contributed by atoms with Crippen LogP contribution in [0.1, 0.15) is 30.5 Å². The Kier molecular flexibility index (Phi) is 4.95. The molecule has 1 saturated heterocycles. The highest BCUT2D eigenvalue weighted by Crippen LogP contribution is 2.23. The van der Waals surface area contributed by atoms with Crippen LogP contribution in [-0.2, 0) is 21.4 Å². The molecular weight excluding hydrogens is 374 g/mol. The number of sulfonamides is 1. The summed E-state index contributed by atoms with van der Waals surface area (Å²) >= 11 is 0. The Hall–Kier alpha value is -2.64. The van der Waals surface area contributed by atoms with Crippen LogP contribution in [0.3, 0.4) is 0 Å². The van der Waals surface area contributed by atoms with Crippen molar-refractivity contribution in [3.05, 3.63) is 59.8 Å². The van der Waals surface area contributed by atoms with Crippen LogP contribution < -0.4 is 9.62 Å². The van der Waals surface area contributed by atoms with Gasteiger partial charge in [0.1, 0.15) is 0 Å². The quantitative estimate of drug-likeness (QED) is 0.692. The van der Waals surface area contributed by atoms with Crippen LogP contribution in [0.5, 0.6) is 0 Å². The molecule has 0 saturated carbocycles. The molecule has 1 aliphatic rings. The molecule has 28 heavy (non-hydrogen) atoms. The maximum absolute atomic E-state index is 12.6. The van der Waals surface area contributed by atoms with E-state index >= 15 is 0 Å². The van der Waals surface area contributed by atoms with E-state index < -0.39 is 10.0 Å². The van der Waals surface area contributed by atoms with Crippen LogP contribution in [0.25, 0.3) is 10.9 Å². The smallest absolute Gasteiger partial charge is 0.240 e. The lowest BCUT2D eigenvalue weighted by Gasteiger charge is -2.26. The van der Waals surface area contributed by atoms with E-state index in [1.165, 1.54) is 0 Å². The van der Waals surface area contributed by atoms with Crippen LogP contribution in [0.15, 0.2) is 53.4 Å². The van der Waals surface area contributed by atoms with Gasteiger partial charge >= 0.3 is 0 Å². The van der Waals surface area contributed by atoms with E-state index in [9.17, 15) is 13.2 Å². The molecule has 4 rings (SSSR count). The molecule has 1 aromatic heterocycles. The molecule has 6 nitrogen and oxygen atoms in total. The number of amides is 1. The van der Waals surface area contributed by atoms with E-state index in [2.05, 4.69) is 9.71 Å². The number of carbonyl (C=O) groups is 1. The van der Waals surface area contributed by atoms with Gasteiger partial charge in [-0.25, -0.2) is 13.1 Å². The Morgan fingerprint density at radius 2 is 1.86 bits per heavy atom. The Balaban J connectivity index is 1.47. The van der Waals surface area contributed by atoms with E-state index in [4.69, 9.17) is 0 Å². The maximum Gasteiger partial charge on any atom is 0.240 e. The highest BCUT2D eigenvalue weighted by Gasteiger charge is 2.20. The molecule has 0 aliphatic carbocycles. The number of nitrogens with zero attached hydrogens (tertiary/aromatic N) is 1. The summed E-state index contributed by atoms with van der Waals surface area (Å²) in [7, 11) is -3.63.